The van der Waals surface area contributed by atoms with Crippen LogP contribution in [-0.2, 0) is 25.5 Å². The fourth-order valence-corrected chi connectivity index (χ4v) is 7.04. The topological polar surface area (TPSA) is 147 Å². The van der Waals surface area contributed by atoms with Crippen LogP contribution in [0.4, 0.5) is 4.79 Å². The number of nitrogens with zero attached hydrogens (tertiary/aromatic N) is 2. The van der Waals surface area contributed by atoms with Gasteiger partial charge in [0.2, 0.25) is 11.8 Å². The molecule has 0 unspecified atom stereocenters. The van der Waals surface area contributed by atoms with Crippen LogP contribution < -0.4 is 15.4 Å². The van der Waals surface area contributed by atoms with Crippen molar-refractivity contribution in [1.29, 1.82) is 0 Å². The Morgan fingerprint density at radius 3 is 2.66 bits per heavy atom. The van der Waals surface area contributed by atoms with E-state index in [1.807, 2.05) is 56.3 Å². The monoisotopic (exact) mass is 682 g/mol. The van der Waals surface area contributed by atoms with Gasteiger partial charge < -0.3 is 30.1 Å². The number of carbonyl (C=O) groups excluding carboxylic acids is 3. The van der Waals surface area contributed by atoms with Crippen molar-refractivity contribution in [1.82, 2.24) is 20.5 Å². The van der Waals surface area contributed by atoms with E-state index in [2.05, 4.69) is 29.3 Å². The second-order valence-corrected chi connectivity index (χ2v) is 14.1. The number of carboxylic acids is 1. The van der Waals surface area contributed by atoms with E-state index in [0.717, 1.165) is 47.0 Å². The van der Waals surface area contributed by atoms with Crippen LogP contribution in [0.15, 0.2) is 67.3 Å². The molecule has 3 N–H and O–H groups in total. The number of aliphatic carboxylic acids is 1. The minimum absolute atomic E-state index is 0.0565. The lowest BCUT2D eigenvalue weighted by molar-refractivity contribution is -0.145. The number of hydrogen-bond acceptors (Lipinski definition) is 7. The van der Waals surface area contributed by atoms with Gasteiger partial charge >= 0.3 is 12.1 Å². The van der Waals surface area contributed by atoms with Gasteiger partial charge in [0.1, 0.15) is 29.5 Å². The molecule has 264 valence electrons. The van der Waals surface area contributed by atoms with E-state index in [-0.39, 0.29) is 31.9 Å². The van der Waals surface area contributed by atoms with Crippen LogP contribution in [0.25, 0.3) is 22.2 Å². The first-order valence-corrected chi connectivity index (χ1v) is 17.7. The summed E-state index contributed by atoms with van der Waals surface area (Å²) >= 11 is 0. The molecule has 11 heteroatoms. The lowest BCUT2D eigenvalue weighted by atomic mass is 10.0. The molecule has 50 heavy (non-hydrogen) atoms. The summed E-state index contributed by atoms with van der Waals surface area (Å²) in [4.78, 5) is 59.9. The molecule has 2 fully saturated rings. The predicted molar refractivity (Wildman–Crippen MR) is 188 cm³/mol. The molecule has 0 radical (unpaired) electrons. The summed E-state index contributed by atoms with van der Waals surface area (Å²) < 4.78 is 12.2. The molecular formula is C39H46N4O7. The molecule has 2 aromatic carbocycles. The number of nitrogens with one attached hydrogen (secondary N) is 2. The number of cyclic esters (lactones) is 1. The molecule has 3 heterocycles. The Kier molecular flexibility index (Phi) is 10.4. The zero-order valence-corrected chi connectivity index (χ0v) is 28.7. The predicted octanol–water partition coefficient (Wildman–Crippen LogP) is 5.65. The van der Waals surface area contributed by atoms with Crippen molar-refractivity contribution in [3.63, 3.8) is 0 Å². The fraction of sp³-hybridized carbons (Fsp3) is 0.462. The largest absolute Gasteiger partial charge is 0.488 e. The van der Waals surface area contributed by atoms with E-state index in [9.17, 15) is 24.3 Å². The molecule has 1 aliphatic carbocycles. The van der Waals surface area contributed by atoms with Gasteiger partial charge in [-0.3, -0.25) is 9.59 Å². The molecule has 5 atom stereocenters. The van der Waals surface area contributed by atoms with Gasteiger partial charge in [-0.25, -0.2) is 14.6 Å². The minimum Gasteiger partial charge on any atom is -0.488 e. The highest BCUT2D eigenvalue weighted by molar-refractivity contribution is 5.96. The quantitative estimate of drug-likeness (QED) is 0.258. The average Bonchev–Trinajstić information content (AvgIpc) is 3.67. The molecule has 3 aromatic rings. The van der Waals surface area contributed by atoms with E-state index in [1.165, 1.54) is 11.0 Å². The average molecular weight is 683 g/mol. The van der Waals surface area contributed by atoms with Gasteiger partial charge in [-0.05, 0) is 68.6 Å². The van der Waals surface area contributed by atoms with Gasteiger partial charge in [-0.15, -0.1) is 6.58 Å². The zero-order valence-electron chi connectivity index (χ0n) is 28.7. The number of benzene rings is 2. The molecule has 3 amide bonds. The summed E-state index contributed by atoms with van der Waals surface area (Å²) in [6, 6.07) is 15.9. The normalized spacial score (nSPS) is 25.6. The van der Waals surface area contributed by atoms with Crippen molar-refractivity contribution >= 4 is 34.8 Å². The third-order valence-corrected chi connectivity index (χ3v) is 10.0. The molecule has 4 bridgehead atoms. The van der Waals surface area contributed by atoms with Crippen LogP contribution in [0.1, 0.15) is 64.4 Å². The lowest BCUT2D eigenvalue weighted by Gasteiger charge is -2.29. The molecule has 0 spiro atoms. The van der Waals surface area contributed by atoms with Gasteiger partial charge in [0.15, 0.2) is 0 Å². The molecule has 1 saturated carbocycles. The standard InChI is InChI=1S/C39H46N4O7/c1-4-27-22-39(27,37(46)47)42-35(44)33-20-28-23-43(33)36(45)31(16-14-24(2)3)41-38(48)49-18-10-6-7-11-25-15-17-30-29(19-25)34(50-28)21-32(40-30)26-12-8-5-9-13-26/h4-5,8-9,12-13,15,17,19,21,24,27-28,31,33H,1,6-7,10-11,14,16,18,20,22-23H2,2-3H3,(H,41,48)(H,42,44)(H,46,47)/t27-,28-,31+,33+,39-/m1/s1. The Hall–Kier alpha value is -4.93. The first kappa shape index (κ1) is 34.9. The number of aromatic nitrogens is 1. The maximum absolute atomic E-state index is 14.4. The van der Waals surface area contributed by atoms with Crippen LogP contribution >= 0.6 is 0 Å². The van der Waals surface area contributed by atoms with Gasteiger partial charge in [0, 0.05) is 29.4 Å². The summed E-state index contributed by atoms with van der Waals surface area (Å²) in [6.45, 7) is 8.07. The first-order chi connectivity index (χ1) is 24.1. The van der Waals surface area contributed by atoms with Crippen molar-refractivity contribution < 1.29 is 33.8 Å². The number of carboxylic acid groups (broad SMARTS) is 1. The number of hydrogen-bond donors (Lipinski definition) is 3. The van der Waals surface area contributed by atoms with Gasteiger partial charge in [-0.2, -0.15) is 0 Å². The smallest absolute Gasteiger partial charge is 0.407 e. The van der Waals surface area contributed by atoms with E-state index < -0.39 is 53.5 Å². The number of amides is 3. The van der Waals surface area contributed by atoms with Crippen LogP contribution in [0.2, 0.25) is 0 Å². The number of ether oxygens (including phenoxy) is 2. The molecule has 2 aliphatic heterocycles. The Balaban J connectivity index is 1.38. The SMILES string of the molecule is C=C[C@@H]1C[C@]1(NC(=O)[C@@H]1C[C@@H]2CN1C(=O)[C@H](CCC(C)C)NC(=O)OCCCCCc1ccc3nc(-c4ccccc4)cc(c3c1)O2)C(=O)O. The summed E-state index contributed by atoms with van der Waals surface area (Å²) in [5.41, 5.74) is 2.05. The van der Waals surface area contributed by atoms with Crippen molar-refractivity contribution in [2.75, 3.05) is 13.2 Å². The van der Waals surface area contributed by atoms with Crippen molar-refractivity contribution in [2.24, 2.45) is 11.8 Å². The Morgan fingerprint density at radius 1 is 1.14 bits per heavy atom. The maximum atomic E-state index is 14.4. The van der Waals surface area contributed by atoms with Gasteiger partial charge in [0.25, 0.3) is 0 Å². The molecule has 1 saturated heterocycles. The number of aryl methyl sites for hydroxylation is 1. The van der Waals surface area contributed by atoms with Crippen molar-refractivity contribution in [3.8, 4) is 17.0 Å². The number of alkyl carbamates (subject to hydrolysis) is 1. The number of carbonyl (C=O) groups is 4. The summed E-state index contributed by atoms with van der Waals surface area (Å²) in [5.74, 6) is -1.76. The summed E-state index contributed by atoms with van der Waals surface area (Å²) in [5, 5.41) is 16.4. The number of pyridine rings is 1. The molecule has 1 aromatic heterocycles. The summed E-state index contributed by atoms with van der Waals surface area (Å²) in [6.07, 6.45) is 4.82. The van der Waals surface area contributed by atoms with Crippen LogP contribution in [-0.4, -0.2) is 75.7 Å². The molecular weight excluding hydrogens is 636 g/mol. The highest BCUT2D eigenvalue weighted by atomic mass is 16.5. The molecule has 11 nitrogen and oxygen atoms in total. The van der Waals surface area contributed by atoms with E-state index in [1.54, 1.807) is 0 Å². The molecule has 3 aliphatic rings. The Morgan fingerprint density at radius 2 is 1.94 bits per heavy atom. The van der Waals surface area contributed by atoms with Crippen molar-refractivity contribution in [2.45, 2.75) is 88.9 Å². The lowest BCUT2D eigenvalue weighted by Crippen LogP contribution is -2.56. The van der Waals surface area contributed by atoms with Crippen molar-refractivity contribution in [3.05, 3.63) is 72.8 Å². The Labute approximate surface area is 292 Å². The van der Waals surface area contributed by atoms with E-state index in [4.69, 9.17) is 14.5 Å². The van der Waals surface area contributed by atoms with E-state index in [0.29, 0.717) is 25.0 Å². The van der Waals surface area contributed by atoms with Crippen LogP contribution in [0.5, 0.6) is 5.75 Å². The third-order valence-electron chi connectivity index (χ3n) is 10.0. The number of rotatable bonds is 8. The fourth-order valence-electron chi connectivity index (χ4n) is 7.04. The zero-order chi connectivity index (χ0) is 35.4. The van der Waals surface area contributed by atoms with Crippen LogP contribution in [0, 0.1) is 11.8 Å². The Bertz CT molecular complexity index is 1760. The second-order valence-electron chi connectivity index (χ2n) is 14.1. The first-order valence-electron chi connectivity index (χ1n) is 17.7. The maximum Gasteiger partial charge on any atom is 0.407 e. The van der Waals surface area contributed by atoms with Gasteiger partial charge in [-0.1, -0.05) is 56.3 Å². The third kappa shape index (κ3) is 7.61. The minimum atomic E-state index is -1.47. The number of fused-ring (bicyclic) bond motifs is 3. The highest BCUT2D eigenvalue weighted by Crippen LogP contribution is 2.45. The van der Waals surface area contributed by atoms with Crippen LogP contribution in [0.3, 0.4) is 0 Å². The van der Waals surface area contributed by atoms with E-state index >= 15 is 0 Å². The molecule has 6 rings (SSSR count). The highest BCUT2D eigenvalue weighted by Gasteiger charge is 2.61. The summed E-state index contributed by atoms with van der Waals surface area (Å²) in [7, 11) is 0. The van der Waals surface area contributed by atoms with Gasteiger partial charge in [0.05, 0.1) is 24.4 Å². The second kappa shape index (κ2) is 14.9.